The van der Waals surface area contributed by atoms with E-state index in [4.69, 9.17) is 33.2 Å². The van der Waals surface area contributed by atoms with E-state index in [9.17, 15) is 60.7 Å². The van der Waals surface area contributed by atoms with Crippen LogP contribution < -0.4 is 5.32 Å². The highest BCUT2D eigenvalue weighted by atomic mass is 32.2. The predicted molar refractivity (Wildman–Crippen MR) is 175 cm³/mol. The highest BCUT2D eigenvalue weighted by Gasteiger charge is 2.51. The van der Waals surface area contributed by atoms with Gasteiger partial charge in [0.25, 0.3) is 6.47 Å². The maximum Gasteiger partial charge on any atom is 0.315 e. The molecule has 0 radical (unpaired) electrons. The van der Waals surface area contributed by atoms with Crippen LogP contribution in [0, 0.1) is 5.92 Å². The SMILES string of the molecule is COC(=O)CSCSCCCNCC(O)C(O)C(CO)O[C@@H]1OC[C@@H](O[C@@H]2OC[C@@H](O)C(O)C2O[C@H]2OC(OC=O)[C@@H](CO)[C@H](O)C2O)[C@H](O)C1O. The van der Waals surface area contributed by atoms with Gasteiger partial charge in [-0.25, -0.2) is 0 Å². The minimum absolute atomic E-state index is 0.0123. The molecule has 0 aliphatic carbocycles. The van der Waals surface area contributed by atoms with E-state index in [0.29, 0.717) is 11.6 Å². The predicted octanol–water partition coefficient (Wildman–Crippen LogP) is -6.23. The van der Waals surface area contributed by atoms with Crippen molar-refractivity contribution in [2.75, 3.05) is 63.2 Å². The molecule has 0 aromatic carbocycles. The molecule has 0 spiro atoms. The second-order valence-electron chi connectivity index (χ2n) is 12.1. The number of hydrogen-bond donors (Lipinski definition) is 11. The van der Waals surface area contributed by atoms with Gasteiger partial charge in [0.2, 0.25) is 6.29 Å². The fraction of sp³-hybridized carbons (Fsp3) is 0.931. The third kappa shape index (κ3) is 12.8. The van der Waals surface area contributed by atoms with Gasteiger partial charge in [-0.3, -0.25) is 9.59 Å². The van der Waals surface area contributed by atoms with Gasteiger partial charge in [-0.15, -0.1) is 11.8 Å². The van der Waals surface area contributed by atoms with Crippen LogP contribution in [-0.4, -0.2) is 219 Å². The molecule has 3 aliphatic heterocycles. The molecule has 3 aliphatic rings. The van der Waals surface area contributed by atoms with Gasteiger partial charge >= 0.3 is 5.97 Å². The molecule has 23 heteroatoms. The fourth-order valence-corrected chi connectivity index (χ4v) is 7.28. The van der Waals surface area contributed by atoms with Crippen LogP contribution in [0.25, 0.3) is 0 Å². The van der Waals surface area contributed by atoms with E-state index in [-0.39, 0.29) is 24.7 Å². The number of carbonyl (C=O) groups excluding carboxylic acids is 2. The van der Waals surface area contributed by atoms with E-state index in [0.717, 1.165) is 12.2 Å². The van der Waals surface area contributed by atoms with Gasteiger partial charge in [0.1, 0.15) is 54.9 Å². The van der Waals surface area contributed by atoms with Crippen LogP contribution in [0.4, 0.5) is 0 Å². The van der Waals surface area contributed by atoms with Crippen molar-refractivity contribution < 1.29 is 98.5 Å². The topological polar surface area (TPSA) is 322 Å². The smallest absolute Gasteiger partial charge is 0.315 e. The lowest BCUT2D eigenvalue weighted by Crippen LogP contribution is -2.63. The zero-order valence-corrected chi connectivity index (χ0v) is 29.9. The lowest BCUT2D eigenvalue weighted by atomic mass is 9.94. The Kier molecular flexibility index (Phi) is 20.2. The van der Waals surface area contributed by atoms with Crippen molar-refractivity contribution in [2.45, 2.75) is 98.7 Å². The largest absolute Gasteiger partial charge is 0.468 e. The zero-order chi connectivity index (χ0) is 38.4. The number of aliphatic hydroxyl groups is 10. The molecular weight excluding hydrogens is 746 g/mol. The summed E-state index contributed by atoms with van der Waals surface area (Å²) in [4.78, 5) is 22.0. The van der Waals surface area contributed by atoms with Crippen molar-refractivity contribution in [2.24, 2.45) is 5.92 Å². The zero-order valence-electron chi connectivity index (χ0n) is 28.3. The van der Waals surface area contributed by atoms with Gasteiger partial charge < -0.3 is 94.3 Å². The number of methoxy groups -OCH3 is 1. The molecule has 3 heterocycles. The van der Waals surface area contributed by atoms with Crippen molar-refractivity contribution in [1.29, 1.82) is 0 Å². The molecule has 304 valence electrons. The van der Waals surface area contributed by atoms with Crippen molar-refractivity contribution in [3.05, 3.63) is 0 Å². The monoisotopic (exact) mass is 797 g/mol. The lowest BCUT2D eigenvalue weighted by Gasteiger charge is -2.46. The number of carbonyl (C=O) groups is 2. The first-order valence-electron chi connectivity index (χ1n) is 16.4. The molecule has 0 saturated carbocycles. The van der Waals surface area contributed by atoms with Gasteiger partial charge in [0.15, 0.2) is 18.9 Å². The molecule has 52 heavy (non-hydrogen) atoms. The first-order valence-corrected chi connectivity index (χ1v) is 18.7. The summed E-state index contributed by atoms with van der Waals surface area (Å²) in [5.41, 5.74) is 0. The molecule has 3 saturated heterocycles. The summed E-state index contributed by atoms with van der Waals surface area (Å²) in [7, 11) is 1.33. The first kappa shape index (κ1) is 45.4. The maximum atomic E-state index is 11.1. The van der Waals surface area contributed by atoms with Crippen molar-refractivity contribution in [1.82, 2.24) is 5.32 Å². The average molecular weight is 798 g/mol. The Bertz CT molecular complexity index is 1040. The summed E-state index contributed by atoms with van der Waals surface area (Å²) in [5, 5.41) is 108. The third-order valence-corrected chi connectivity index (χ3v) is 10.8. The molecule has 0 aromatic heterocycles. The number of ether oxygens (including phenoxy) is 8. The molecule has 11 N–H and O–H groups in total. The van der Waals surface area contributed by atoms with Crippen LogP contribution in [-0.2, 0) is 47.5 Å². The Labute approximate surface area is 307 Å². The number of hydrogen-bond acceptors (Lipinski definition) is 23. The lowest BCUT2D eigenvalue weighted by molar-refractivity contribution is -0.384. The Hall–Kier alpha value is -1.04. The summed E-state index contributed by atoms with van der Waals surface area (Å²) in [5.74, 6) is -0.496. The van der Waals surface area contributed by atoms with E-state index in [1.807, 2.05) is 0 Å². The number of thioether (sulfide) groups is 2. The van der Waals surface area contributed by atoms with Crippen LogP contribution in [0.3, 0.4) is 0 Å². The molecule has 0 aromatic rings. The summed E-state index contributed by atoms with van der Waals surface area (Å²) in [6, 6.07) is 0. The molecule has 8 unspecified atom stereocenters. The number of aliphatic hydroxyl groups excluding tert-OH is 10. The van der Waals surface area contributed by atoms with Crippen molar-refractivity contribution >= 4 is 36.0 Å². The highest BCUT2D eigenvalue weighted by molar-refractivity contribution is 8.16. The summed E-state index contributed by atoms with van der Waals surface area (Å²) < 4.78 is 42.5. The normalized spacial score (nSPS) is 37.2. The standard InChI is InChI=1S/C29H51NO20S2/c1-43-18(36)10-52-12-51-4-2-3-30-5-14(34)20(38)16(7-32)47-27-24(42)22(40)17(9-45-27)48-29-25(21(39)15(35)8-44-29)49-28-23(41)19(37)13(6-31)26(50-28)46-11-33/h11,13-17,19-32,34-35,37-42H,2-10,12H2,1H3/t13-,14?,15+,16?,17+,19-,20?,21?,22-,23?,24?,25?,26?,27-,28-,29-/m0/s1. The second-order valence-corrected chi connectivity index (χ2v) is 14.5. The van der Waals surface area contributed by atoms with Crippen molar-refractivity contribution in [3.63, 3.8) is 0 Å². The molecule has 0 bridgehead atoms. The van der Waals surface area contributed by atoms with E-state index < -0.39 is 125 Å². The third-order valence-electron chi connectivity index (χ3n) is 8.42. The second kappa shape index (κ2) is 23.1. The molecular formula is C29H51NO20S2. The summed E-state index contributed by atoms with van der Waals surface area (Å²) >= 11 is 3.06. The number of rotatable bonds is 22. The fourth-order valence-electron chi connectivity index (χ4n) is 5.37. The quantitative estimate of drug-likeness (QED) is 0.0210. The minimum atomic E-state index is -1.84. The van der Waals surface area contributed by atoms with Gasteiger partial charge in [0, 0.05) is 11.6 Å². The number of esters is 1. The molecule has 21 nitrogen and oxygen atoms in total. The van der Waals surface area contributed by atoms with Crippen LogP contribution in [0.2, 0.25) is 0 Å². The molecule has 3 rings (SSSR count). The summed E-state index contributed by atoms with van der Waals surface area (Å²) in [6.45, 7) is -2.07. The van der Waals surface area contributed by atoms with Crippen LogP contribution in [0.1, 0.15) is 6.42 Å². The minimum Gasteiger partial charge on any atom is -0.468 e. The highest BCUT2D eigenvalue weighted by Crippen LogP contribution is 2.32. The van der Waals surface area contributed by atoms with E-state index in [1.165, 1.54) is 18.9 Å². The Morgan fingerprint density at radius 2 is 1.62 bits per heavy atom. The summed E-state index contributed by atoms with van der Waals surface area (Å²) in [6.07, 6.45) is -23.8. The average Bonchev–Trinajstić information content (AvgIpc) is 3.13. The van der Waals surface area contributed by atoms with Gasteiger partial charge in [-0.05, 0) is 18.7 Å². The molecule has 0 amide bonds. The number of nitrogens with one attached hydrogen (secondary N) is 1. The maximum absolute atomic E-state index is 11.1. The Morgan fingerprint density at radius 1 is 0.904 bits per heavy atom. The van der Waals surface area contributed by atoms with E-state index >= 15 is 0 Å². The van der Waals surface area contributed by atoms with Gasteiger partial charge in [0.05, 0.1) is 57.4 Å². The van der Waals surface area contributed by atoms with Crippen LogP contribution in [0.5, 0.6) is 0 Å². The van der Waals surface area contributed by atoms with Gasteiger partial charge in [-0.1, -0.05) is 0 Å². The first-order chi connectivity index (χ1) is 24.9. The molecule has 16 atom stereocenters. The Balaban J connectivity index is 1.50. The van der Waals surface area contributed by atoms with Gasteiger partial charge in [-0.2, -0.15) is 11.8 Å². The Morgan fingerprint density at radius 3 is 2.29 bits per heavy atom. The van der Waals surface area contributed by atoms with Crippen molar-refractivity contribution in [3.8, 4) is 0 Å². The van der Waals surface area contributed by atoms with E-state index in [2.05, 4.69) is 10.1 Å². The van der Waals surface area contributed by atoms with Crippen LogP contribution >= 0.6 is 23.5 Å². The van der Waals surface area contributed by atoms with Crippen LogP contribution in [0.15, 0.2) is 0 Å². The van der Waals surface area contributed by atoms with E-state index in [1.54, 1.807) is 11.8 Å². The molecule has 3 fully saturated rings.